The topological polar surface area (TPSA) is 43.9 Å². The van der Waals surface area contributed by atoms with Crippen molar-refractivity contribution >= 4 is 33.0 Å². The fraction of sp³-hybridized carbons (Fsp3) is 0.0769. The predicted octanol–water partition coefficient (Wildman–Crippen LogP) is 13.8. The van der Waals surface area contributed by atoms with E-state index in [2.05, 4.69) is 54.6 Å². The van der Waals surface area contributed by atoms with Crippen LogP contribution >= 0.6 is 0 Å². The Labute approximate surface area is 355 Å². The molecule has 0 saturated carbocycles. The van der Waals surface area contributed by atoms with Crippen molar-refractivity contribution in [1.29, 1.82) is 0 Å². The van der Waals surface area contributed by atoms with E-state index in [1.165, 1.54) is 17.7 Å². The van der Waals surface area contributed by atoms with E-state index < -0.39 is 0 Å². The quantitative estimate of drug-likeness (QED) is 0.162. The number of halogens is 2. The van der Waals surface area contributed by atoms with Gasteiger partial charge in [0.1, 0.15) is 17.2 Å². The Hall–Kier alpha value is -6.53. The number of imidazole rings is 1. The van der Waals surface area contributed by atoms with Gasteiger partial charge in [-0.1, -0.05) is 117 Å². The summed E-state index contributed by atoms with van der Waals surface area (Å²) in [6.07, 6.45) is 1.95. The second-order valence-electron chi connectivity index (χ2n) is 15.1. The summed E-state index contributed by atoms with van der Waals surface area (Å²) in [6, 6.07) is 57.6. The Kier molecular flexibility index (Phi) is 10.9. The largest absolute Gasteiger partial charge is 0.500 e. The number of benzene rings is 7. The summed E-state index contributed by atoms with van der Waals surface area (Å²) < 4.78 is 37.9. The summed E-state index contributed by atoms with van der Waals surface area (Å²) in [7, 11) is 0. The van der Waals surface area contributed by atoms with Crippen molar-refractivity contribution in [3.63, 3.8) is 0 Å². The van der Waals surface area contributed by atoms with Crippen molar-refractivity contribution in [2.24, 2.45) is 0 Å². The number of pyridine rings is 1. The van der Waals surface area contributed by atoms with Crippen molar-refractivity contribution in [1.82, 2.24) is 14.5 Å². The fourth-order valence-corrected chi connectivity index (χ4v) is 7.37. The molecule has 0 fully saturated rings. The van der Waals surface area contributed by atoms with Gasteiger partial charge in [-0.15, -0.1) is 54.1 Å². The van der Waals surface area contributed by atoms with Gasteiger partial charge in [-0.3, -0.25) is 4.98 Å². The normalized spacial score (nSPS) is 11.3. The van der Waals surface area contributed by atoms with Crippen LogP contribution in [0.25, 0.3) is 83.6 Å². The Balaban J connectivity index is 0.000000240. The molecule has 0 aliphatic rings. The summed E-state index contributed by atoms with van der Waals surface area (Å²) in [4.78, 5) is 9.58. The van der Waals surface area contributed by atoms with Crippen LogP contribution in [0.4, 0.5) is 8.78 Å². The Bertz CT molecular complexity index is 2980. The molecule has 0 bridgehead atoms. The number of nitrogens with zero attached hydrogens (tertiary/aromatic N) is 3. The van der Waals surface area contributed by atoms with Crippen LogP contribution in [-0.2, 0) is 25.5 Å². The standard InChI is InChI=1S/C37H21F2N2O.C15H16N.Ir/c38-25-18-19-27-28-14-9-15-29(36(28)42-34(27)22-25)37-40-32-16-7-8-17-33(32)41(37)35-30(23-10-3-1-4-11-23)20-26(39)21-31(35)24-12-5-2-6-13-24;1-15(2,3)13-9-10-14(16-11-13)12-7-5-4-6-8-12;/h1-14,16-22H;4-7,9-11H,1-3H3;/q2*-1;. The van der Waals surface area contributed by atoms with Crippen LogP contribution in [0.15, 0.2) is 174 Å². The monoisotopic (exact) mass is 950 g/mol. The van der Waals surface area contributed by atoms with Crippen molar-refractivity contribution in [2.45, 2.75) is 26.2 Å². The van der Waals surface area contributed by atoms with Crippen LogP contribution in [0.1, 0.15) is 26.3 Å². The van der Waals surface area contributed by atoms with Crippen molar-refractivity contribution in [3.8, 4) is 50.6 Å². The van der Waals surface area contributed by atoms with Gasteiger partial charge in [0.15, 0.2) is 0 Å². The third-order valence-corrected chi connectivity index (χ3v) is 10.3. The van der Waals surface area contributed by atoms with Crippen LogP contribution < -0.4 is 0 Å². The number of para-hydroxylation sites is 2. The molecule has 7 heteroatoms. The van der Waals surface area contributed by atoms with Crippen LogP contribution in [-0.4, -0.2) is 14.5 Å². The maximum absolute atomic E-state index is 15.4. The molecular weight excluding hydrogens is 913 g/mol. The third kappa shape index (κ3) is 7.75. The first-order valence-corrected chi connectivity index (χ1v) is 19.1. The van der Waals surface area contributed by atoms with Crippen LogP contribution in [0, 0.1) is 23.8 Å². The molecule has 59 heavy (non-hydrogen) atoms. The van der Waals surface area contributed by atoms with E-state index in [4.69, 9.17) is 9.40 Å². The number of hydrogen-bond donors (Lipinski definition) is 0. The first-order valence-electron chi connectivity index (χ1n) is 19.1. The minimum absolute atomic E-state index is 0. The molecule has 0 N–H and O–H groups in total. The van der Waals surface area contributed by atoms with Gasteiger partial charge in [-0.25, -0.2) is 8.78 Å². The van der Waals surface area contributed by atoms with E-state index in [0.717, 1.165) is 61.0 Å². The van der Waals surface area contributed by atoms with E-state index >= 15 is 4.39 Å². The van der Waals surface area contributed by atoms with Gasteiger partial charge in [0.05, 0.1) is 28.1 Å². The Morgan fingerprint density at radius 2 is 1.31 bits per heavy atom. The molecule has 0 aliphatic carbocycles. The van der Waals surface area contributed by atoms with Gasteiger partial charge in [0.25, 0.3) is 0 Å². The molecule has 291 valence electrons. The first-order chi connectivity index (χ1) is 28.2. The molecule has 1 radical (unpaired) electrons. The molecule has 0 amide bonds. The molecule has 3 aromatic heterocycles. The summed E-state index contributed by atoms with van der Waals surface area (Å²) in [5, 5.41) is 1.64. The van der Waals surface area contributed by atoms with Gasteiger partial charge >= 0.3 is 0 Å². The minimum Gasteiger partial charge on any atom is -0.500 e. The maximum atomic E-state index is 15.4. The Morgan fingerprint density at radius 1 is 0.627 bits per heavy atom. The van der Waals surface area contributed by atoms with E-state index in [1.807, 2.05) is 128 Å². The number of rotatable bonds is 5. The number of furan rings is 1. The number of aromatic nitrogens is 3. The van der Waals surface area contributed by atoms with Crippen LogP contribution in [0.5, 0.6) is 0 Å². The van der Waals surface area contributed by atoms with Gasteiger partial charge < -0.3 is 14.0 Å². The van der Waals surface area contributed by atoms with E-state index in [0.29, 0.717) is 22.6 Å². The van der Waals surface area contributed by atoms with Gasteiger partial charge in [-0.05, 0) is 64.2 Å². The fourth-order valence-electron chi connectivity index (χ4n) is 7.37. The van der Waals surface area contributed by atoms with E-state index in [-0.39, 0.29) is 37.2 Å². The molecule has 0 atom stereocenters. The third-order valence-electron chi connectivity index (χ3n) is 10.3. The van der Waals surface area contributed by atoms with Crippen LogP contribution in [0.3, 0.4) is 0 Å². The number of fused-ring (bicyclic) bond motifs is 4. The van der Waals surface area contributed by atoms with E-state index in [1.54, 1.807) is 18.2 Å². The zero-order valence-corrected chi connectivity index (χ0v) is 34.9. The van der Waals surface area contributed by atoms with Crippen LogP contribution in [0.2, 0.25) is 0 Å². The molecule has 7 aromatic carbocycles. The van der Waals surface area contributed by atoms with Gasteiger partial charge in [0, 0.05) is 48.9 Å². The molecule has 4 nitrogen and oxygen atoms in total. The molecule has 3 heterocycles. The second-order valence-corrected chi connectivity index (χ2v) is 15.1. The molecule has 0 aliphatic heterocycles. The summed E-state index contributed by atoms with van der Waals surface area (Å²) in [5.41, 5.74) is 10.6. The van der Waals surface area contributed by atoms with Gasteiger partial charge in [-0.2, -0.15) is 0 Å². The van der Waals surface area contributed by atoms with Crippen molar-refractivity contribution < 1.29 is 33.3 Å². The average molecular weight is 950 g/mol. The molecule has 0 spiro atoms. The molecule has 10 aromatic rings. The number of hydrogen-bond acceptors (Lipinski definition) is 3. The van der Waals surface area contributed by atoms with Crippen molar-refractivity contribution in [2.75, 3.05) is 0 Å². The van der Waals surface area contributed by atoms with Crippen molar-refractivity contribution in [3.05, 3.63) is 199 Å². The Morgan fingerprint density at radius 3 is 1.95 bits per heavy atom. The molecule has 0 unspecified atom stereocenters. The minimum atomic E-state index is -0.370. The summed E-state index contributed by atoms with van der Waals surface area (Å²) >= 11 is 0. The zero-order chi connectivity index (χ0) is 39.8. The molecule has 10 rings (SSSR count). The average Bonchev–Trinajstić information content (AvgIpc) is 3.82. The first kappa shape index (κ1) is 39.3. The second kappa shape index (κ2) is 16.4. The summed E-state index contributed by atoms with van der Waals surface area (Å²) in [5.74, 6) is -0.122. The van der Waals surface area contributed by atoms with E-state index in [9.17, 15) is 4.39 Å². The molecular formula is C52H37F2IrN3O-2. The maximum Gasteiger partial charge on any atom is 0.126 e. The van der Waals surface area contributed by atoms with Gasteiger partial charge in [0.2, 0.25) is 0 Å². The molecule has 0 saturated heterocycles. The SMILES string of the molecule is CC(C)(C)c1ccc(-c2[c-]cccc2)nc1.Fc1cc(-c2ccccc2)c(-n2c(-c3[c-]ccc4c3oc3cc(F)ccc34)nc3ccccc32)c(-c2ccccc2)c1.[Ir]. The smallest absolute Gasteiger partial charge is 0.126 e. The summed E-state index contributed by atoms with van der Waals surface area (Å²) in [6.45, 7) is 6.58. The predicted molar refractivity (Wildman–Crippen MR) is 231 cm³/mol. The zero-order valence-electron chi connectivity index (χ0n) is 32.5.